The predicted molar refractivity (Wildman–Crippen MR) is 75.5 cm³/mol. The molecule has 0 amide bonds. The molecular formula is C12H12ClNOS2. The van der Waals surface area contributed by atoms with Crippen molar-refractivity contribution in [1.82, 2.24) is 4.98 Å². The van der Waals surface area contributed by atoms with E-state index in [2.05, 4.69) is 17.6 Å². The first kappa shape index (κ1) is 12.7. The van der Waals surface area contributed by atoms with Gasteiger partial charge in [-0.15, -0.1) is 11.3 Å². The average molecular weight is 286 g/mol. The van der Waals surface area contributed by atoms with E-state index in [1.807, 2.05) is 29.6 Å². The molecule has 2 nitrogen and oxygen atoms in total. The Balaban J connectivity index is 1.83. The van der Waals surface area contributed by atoms with E-state index in [4.69, 9.17) is 16.3 Å². The summed E-state index contributed by atoms with van der Waals surface area (Å²) in [6, 6.07) is 7.41. The van der Waals surface area contributed by atoms with Crippen LogP contribution in [0.5, 0.6) is 5.75 Å². The Morgan fingerprint density at radius 1 is 1.41 bits per heavy atom. The van der Waals surface area contributed by atoms with Gasteiger partial charge < -0.3 is 4.74 Å². The Labute approximate surface area is 115 Å². The third-order valence-electron chi connectivity index (χ3n) is 2.14. The second-order valence-electron chi connectivity index (χ2n) is 3.45. The normalized spacial score (nSPS) is 10.5. The van der Waals surface area contributed by atoms with Crippen molar-refractivity contribution in [2.75, 3.05) is 6.61 Å². The Morgan fingerprint density at radius 2 is 2.29 bits per heavy atom. The molecule has 0 saturated heterocycles. The summed E-state index contributed by atoms with van der Waals surface area (Å²) in [6.07, 6.45) is 0.810. The van der Waals surface area contributed by atoms with Crippen LogP contribution in [0.25, 0.3) is 0 Å². The fraction of sp³-hybridized carbons (Fsp3) is 0.250. The molecular weight excluding hydrogens is 274 g/mol. The molecule has 0 atom stereocenters. The fourth-order valence-electron chi connectivity index (χ4n) is 1.35. The van der Waals surface area contributed by atoms with E-state index in [9.17, 15) is 0 Å². The number of benzene rings is 1. The molecule has 0 unspecified atom stereocenters. The summed E-state index contributed by atoms with van der Waals surface area (Å²) in [5, 5.41) is 3.80. The standard InChI is InChI=1S/C12H12ClNOS2/c13-9-2-1-3-11(6-9)15-5-4-12-14-10(7-16)8-17-12/h1-3,6,8,16H,4-5,7H2. The minimum absolute atomic E-state index is 0.611. The van der Waals surface area contributed by atoms with Crippen LogP contribution >= 0.6 is 35.6 Å². The lowest BCUT2D eigenvalue weighted by molar-refractivity contribution is 0.322. The summed E-state index contributed by atoms with van der Waals surface area (Å²) in [4.78, 5) is 4.41. The third kappa shape index (κ3) is 3.91. The van der Waals surface area contributed by atoms with Gasteiger partial charge in [-0.25, -0.2) is 4.98 Å². The van der Waals surface area contributed by atoms with Gasteiger partial charge in [0, 0.05) is 22.6 Å². The highest BCUT2D eigenvalue weighted by Gasteiger charge is 2.01. The molecule has 2 rings (SSSR count). The number of nitrogens with zero attached hydrogens (tertiary/aromatic N) is 1. The topological polar surface area (TPSA) is 22.1 Å². The van der Waals surface area contributed by atoms with Gasteiger partial charge in [-0.2, -0.15) is 12.6 Å². The summed E-state index contributed by atoms with van der Waals surface area (Å²) in [5.74, 6) is 1.48. The molecule has 17 heavy (non-hydrogen) atoms. The van der Waals surface area contributed by atoms with Crippen LogP contribution in [0.1, 0.15) is 10.7 Å². The lowest BCUT2D eigenvalue weighted by Crippen LogP contribution is -2.01. The van der Waals surface area contributed by atoms with Crippen molar-refractivity contribution in [3.8, 4) is 5.75 Å². The van der Waals surface area contributed by atoms with E-state index < -0.39 is 0 Å². The van der Waals surface area contributed by atoms with Gasteiger partial charge in [0.25, 0.3) is 0 Å². The van der Waals surface area contributed by atoms with Crippen molar-refractivity contribution in [2.45, 2.75) is 12.2 Å². The monoisotopic (exact) mass is 285 g/mol. The maximum absolute atomic E-state index is 5.86. The number of halogens is 1. The molecule has 0 spiro atoms. The van der Waals surface area contributed by atoms with Gasteiger partial charge in [0.05, 0.1) is 17.3 Å². The first-order valence-electron chi connectivity index (χ1n) is 5.20. The van der Waals surface area contributed by atoms with Gasteiger partial charge >= 0.3 is 0 Å². The van der Waals surface area contributed by atoms with E-state index in [0.29, 0.717) is 17.4 Å². The molecule has 90 valence electrons. The van der Waals surface area contributed by atoms with Crippen LogP contribution in [0.15, 0.2) is 29.6 Å². The summed E-state index contributed by atoms with van der Waals surface area (Å²) < 4.78 is 5.60. The van der Waals surface area contributed by atoms with E-state index in [-0.39, 0.29) is 0 Å². The zero-order valence-corrected chi connectivity index (χ0v) is 11.6. The number of hydrogen-bond acceptors (Lipinski definition) is 4. The molecule has 1 aromatic heterocycles. The van der Waals surface area contributed by atoms with Crippen molar-refractivity contribution in [1.29, 1.82) is 0 Å². The van der Waals surface area contributed by atoms with Crippen molar-refractivity contribution >= 4 is 35.6 Å². The lowest BCUT2D eigenvalue weighted by Gasteiger charge is -2.04. The van der Waals surface area contributed by atoms with Crippen LogP contribution in [0.3, 0.4) is 0 Å². The van der Waals surface area contributed by atoms with E-state index in [0.717, 1.165) is 22.9 Å². The molecule has 0 bridgehead atoms. The maximum atomic E-state index is 5.86. The maximum Gasteiger partial charge on any atom is 0.120 e. The van der Waals surface area contributed by atoms with Crippen LogP contribution in [0, 0.1) is 0 Å². The van der Waals surface area contributed by atoms with E-state index in [1.54, 1.807) is 11.3 Å². The van der Waals surface area contributed by atoms with Gasteiger partial charge in [-0.05, 0) is 18.2 Å². The summed E-state index contributed by atoms with van der Waals surface area (Å²) >= 11 is 11.7. The number of thiol groups is 1. The highest BCUT2D eigenvalue weighted by atomic mass is 35.5. The molecule has 0 saturated carbocycles. The minimum Gasteiger partial charge on any atom is -0.493 e. The second kappa shape index (κ2) is 6.28. The van der Waals surface area contributed by atoms with Gasteiger partial charge in [-0.3, -0.25) is 0 Å². The molecule has 1 heterocycles. The highest BCUT2D eigenvalue weighted by molar-refractivity contribution is 7.79. The van der Waals surface area contributed by atoms with Crippen molar-refractivity contribution in [2.24, 2.45) is 0 Å². The van der Waals surface area contributed by atoms with Crippen LogP contribution in [-0.2, 0) is 12.2 Å². The number of rotatable bonds is 5. The SMILES string of the molecule is SCc1csc(CCOc2cccc(Cl)c2)n1. The molecule has 1 aromatic carbocycles. The first-order valence-corrected chi connectivity index (χ1v) is 7.09. The minimum atomic E-state index is 0.611. The lowest BCUT2D eigenvalue weighted by atomic mass is 10.3. The molecule has 2 aromatic rings. The molecule has 0 radical (unpaired) electrons. The van der Waals surface area contributed by atoms with Crippen LogP contribution in [-0.4, -0.2) is 11.6 Å². The predicted octanol–water partition coefficient (Wildman–Crippen LogP) is 3.85. The van der Waals surface area contributed by atoms with E-state index in [1.165, 1.54) is 0 Å². The summed E-state index contributed by atoms with van der Waals surface area (Å²) in [6.45, 7) is 0.611. The number of thiazole rings is 1. The zero-order chi connectivity index (χ0) is 12.1. The van der Waals surface area contributed by atoms with Gasteiger partial charge in [0.15, 0.2) is 0 Å². The number of hydrogen-bond donors (Lipinski definition) is 1. The van der Waals surface area contributed by atoms with Gasteiger partial charge in [0.2, 0.25) is 0 Å². The van der Waals surface area contributed by atoms with Gasteiger partial charge in [0.1, 0.15) is 5.75 Å². The Bertz CT molecular complexity index is 487. The zero-order valence-electron chi connectivity index (χ0n) is 9.10. The molecule has 5 heteroatoms. The number of ether oxygens (including phenoxy) is 1. The van der Waals surface area contributed by atoms with E-state index >= 15 is 0 Å². The quantitative estimate of drug-likeness (QED) is 0.843. The second-order valence-corrected chi connectivity index (χ2v) is 5.14. The molecule has 0 aliphatic carbocycles. The third-order valence-corrected chi connectivity index (χ3v) is 3.66. The van der Waals surface area contributed by atoms with Gasteiger partial charge in [-0.1, -0.05) is 17.7 Å². The van der Waals surface area contributed by atoms with Crippen molar-refractivity contribution in [3.05, 3.63) is 45.4 Å². The Kier molecular flexibility index (Phi) is 4.71. The average Bonchev–Trinajstić information content (AvgIpc) is 2.77. The Morgan fingerprint density at radius 3 is 3.00 bits per heavy atom. The smallest absolute Gasteiger partial charge is 0.120 e. The van der Waals surface area contributed by atoms with Crippen LogP contribution in [0.4, 0.5) is 0 Å². The van der Waals surface area contributed by atoms with Crippen molar-refractivity contribution in [3.63, 3.8) is 0 Å². The molecule has 0 fully saturated rings. The summed E-state index contributed by atoms with van der Waals surface area (Å²) in [7, 11) is 0. The molecule has 0 N–H and O–H groups in total. The molecule has 0 aliphatic heterocycles. The van der Waals surface area contributed by atoms with Crippen molar-refractivity contribution < 1.29 is 4.74 Å². The van der Waals surface area contributed by atoms with Crippen LogP contribution < -0.4 is 4.74 Å². The Hall–Kier alpha value is -0.710. The fourth-order valence-corrected chi connectivity index (χ4v) is 2.59. The number of aromatic nitrogens is 1. The molecule has 0 aliphatic rings. The first-order chi connectivity index (χ1) is 8.28. The summed E-state index contributed by atoms with van der Waals surface area (Å²) in [5.41, 5.74) is 1.02. The van der Waals surface area contributed by atoms with Crippen LogP contribution in [0.2, 0.25) is 5.02 Å². The largest absolute Gasteiger partial charge is 0.493 e. The highest BCUT2D eigenvalue weighted by Crippen LogP contribution is 2.18.